The first-order valence-electron chi connectivity index (χ1n) is 9.85. The lowest BCUT2D eigenvalue weighted by atomic mass is 10.1. The maximum atomic E-state index is 12.9. The molecule has 1 heterocycles. The summed E-state index contributed by atoms with van der Waals surface area (Å²) in [7, 11) is 0. The van der Waals surface area contributed by atoms with Crippen LogP contribution in [0.4, 0.5) is 5.69 Å². The van der Waals surface area contributed by atoms with Crippen LogP contribution in [-0.2, 0) is 6.54 Å². The number of aryl methyl sites for hydroxylation is 1. The van der Waals surface area contributed by atoms with Crippen LogP contribution in [0.25, 0.3) is 0 Å². The Balaban J connectivity index is 1.52. The second-order valence-corrected chi connectivity index (χ2v) is 7.40. The second-order valence-electron chi connectivity index (χ2n) is 7.05. The fraction of sp³-hybridized carbons (Fsp3) is 0.0769. The minimum absolute atomic E-state index is 0.296. The van der Waals surface area contributed by atoms with Gasteiger partial charge in [-0.15, -0.1) is 0 Å². The lowest BCUT2D eigenvalue weighted by Crippen LogP contribution is -2.13. The van der Waals surface area contributed by atoms with Crippen molar-refractivity contribution in [3.8, 4) is 11.8 Å². The third-order valence-corrected chi connectivity index (χ3v) is 5.10. The standard InChI is InChI=1S/C26H20ClN3O/c1-19-24(25(27)30(29-19)18-22-11-6-3-7-12-22)26(31)28-23-14-8-13-21(17-23)16-15-20-9-4-2-5-10-20/h2-14,17H,18H2,1H3,(H,28,31). The molecule has 5 heteroatoms. The molecule has 0 aliphatic rings. The summed E-state index contributed by atoms with van der Waals surface area (Å²) in [5, 5.41) is 7.68. The first-order valence-corrected chi connectivity index (χ1v) is 10.2. The molecule has 0 aliphatic heterocycles. The van der Waals surface area contributed by atoms with Crippen LogP contribution in [0.3, 0.4) is 0 Å². The van der Waals surface area contributed by atoms with Gasteiger partial charge in [0, 0.05) is 16.8 Å². The van der Waals surface area contributed by atoms with Gasteiger partial charge in [0.2, 0.25) is 0 Å². The van der Waals surface area contributed by atoms with Gasteiger partial charge >= 0.3 is 0 Å². The zero-order valence-corrected chi connectivity index (χ0v) is 17.7. The second kappa shape index (κ2) is 9.34. The van der Waals surface area contributed by atoms with Gasteiger partial charge in [0.1, 0.15) is 5.15 Å². The minimum Gasteiger partial charge on any atom is -0.322 e. The van der Waals surface area contributed by atoms with E-state index in [2.05, 4.69) is 22.3 Å². The van der Waals surface area contributed by atoms with E-state index in [0.717, 1.165) is 16.7 Å². The van der Waals surface area contributed by atoms with Crippen molar-refractivity contribution in [2.24, 2.45) is 0 Å². The summed E-state index contributed by atoms with van der Waals surface area (Å²) in [6.45, 7) is 2.28. The van der Waals surface area contributed by atoms with E-state index in [1.54, 1.807) is 11.6 Å². The lowest BCUT2D eigenvalue weighted by Gasteiger charge is -2.06. The average molecular weight is 426 g/mol. The smallest absolute Gasteiger partial charge is 0.260 e. The third kappa shape index (κ3) is 5.03. The number of nitrogens with zero attached hydrogens (tertiary/aromatic N) is 2. The van der Waals surface area contributed by atoms with Gasteiger partial charge in [0.25, 0.3) is 5.91 Å². The van der Waals surface area contributed by atoms with E-state index in [9.17, 15) is 4.79 Å². The number of benzene rings is 3. The summed E-state index contributed by atoms with van der Waals surface area (Å²) in [5.41, 5.74) is 4.41. The van der Waals surface area contributed by atoms with Crippen molar-refractivity contribution < 1.29 is 4.79 Å². The molecule has 0 atom stereocenters. The van der Waals surface area contributed by atoms with Gasteiger partial charge in [-0.25, -0.2) is 4.68 Å². The lowest BCUT2D eigenvalue weighted by molar-refractivity contribution is 0.102. The number of amides is 1. The Hall–Kier alpha value is -3.81. The largest absolute Gasteiger partial charge is 0.322 e. The zero-order chi connectivity index (χ0) is 21.6. The number of rotatable bonds is 4. The van der Waals surface area contributed by atoms with Gasteiger partial charge in [0.15, 0.2) is 0 Å². The van der Waals surface area contributed by atoms with Gasteiger partial charge < -0.3 is 5.32 Å². The van der Waals surface area contributed by atoms with Crippen molar-refractivity contribution in [1.82, 2.24) is 9.78 Å². The molecule has 0 spiro atoms. The van der Waals surface area contributed by atoms with Gasteiger partial charge in [0.05, 0.1) is 17.8 Å². The van der Waals surface area contributed by atoms with Crippen LogP contribution in [0, 0.1) is 18.8 Å². The molecule has 0 fully saturated rings. The molecule has 4 rings (SSSR count). The Bertz CT molecular complexity index is 1270. The monoisotopic (exact) mass is 425 g/mol. The predicted octanol–water partition coefficient (Wildman–Crippen LogP) is 5.55. The highest BCUT2D eigenvalue weighted by Gasteiger charge is 2.20. The number of halogens is 1. The number of anilines is 1. The number of nitrogens with one attached hydrogen (secondary N) is 1. The quantitative estimate of drug-likeness (QED) is 0.436. The van der Waals surface area contributed by atoms with Crippen LogP contribution >= 0.6 is 11.6 Å². The molecule has 3 aromatic carbocycles. The van der Waals surface area contributed by atoms with E-state index >= 15 is 0 Å². The molecule has 31 heavy (non-hydrogen) atoms. The summed E-state index contributed by atoms with van der Waals surface area (Å²) >= 11 is 6.51. The van der Waals surface area contributed by atoms with Crippen molar-refractivity contribution in [3.05, 3.63) is 118 Å². The zero-order valence-electron chi connectivity index (χ0n) is 17.0. The van der Waals surface area contributed by atoms with E-state index in [1.165, 1.54) is 0 Å². The van der Waals surface area contributed by atoms with Gasteiger partial charge in [-0.1, -0.05) is 78.0 Å². The van der Waals surface area contributed by atoms with Crippen molar-refractivity contribution in [2.75, 3.05) is 5.32 Å². The number of carbonyl (C=O) groups is 1. The van der Waals surface area contributed by atoms with Gasteiger partial charge in [-0.2, -0.15) is 5.10 Å². The maximum absolute atomic E-state index is 12.9. The normalized spacial score (nSPS) is 10.3. The molecule has 4 nitrogen and oxygen atoms in total. The van der Waals surface area contributed by atoms with Crippen LogP contribution in [0.15, 0.2) is 84.9 Å². The molecule has 0 radical (unpaired) electrons. The number of carbonyl (C=O) groups excluding carboxylic acids is 1. The van der Waals surface area contributed by atoms with E-state index < -0.39 is 0 Å². The summed E-state index contributed by atoms with van der Waals surface area (Å²) < 4.78 is 1.64. The fourth-order valence-corrected chi connectivity index (χ4v) is 3.53. The summed E-state index contributed by atoms with van der Waals surface area (Å²) in [4.78, 5) is 12.9. The van der Waals surface area contributed by atoms with Crippen LogP contribution in [0.1, 0.15) is 32.7 Å². The highest BCUT2D eigenvalue weighted by atomic mass is 35.5. The van der Waals surface area contributed by atoms with E-state index in [4.69, 9.17) is 11.6 Å². The SMILES string of the molecule is Cc1nn(Cc2ccccc2)c(Cl)c1C(=O)Nc1cccc(C#Cc2ccccc2)c1. The molecule has 0 aliphatic carbocycles. The van der Waals surface area contributed by atoms with Gasteiger partial charge in [-0.05, 0) is 42.8 Å². The molecule has 0 unspecified atom stereocenters. The van der Waals surface area contributed by atoms with Crippen LogP contribution in [0.2, 0.25) is 5.15 Å². The first-order chi connectivity index (χ1) is 15.1. The molecular weight excluding hydrogens is 406 g/mol. The van der Waals surface area contributed by atoms with Crippen molar-refractivity contribution in [1.29, 1.82) is 0 Å². The fourth-order valence-electron chi connectivity index (χ4n) is 3.21. The molecule has 0 bridgehead atoms. The third-order valence-electron chi connectivity index (χ3n) is 4.71. The molecule has 152 valence electrons. The summed E-state index contributed by atoms with van der Waals surface area (Å²) in [6, 6.07) is 27.1. The number of hydrogen-bond donors (Lipinski definition) is 1. The Labute approximate surface area is 186 Å². The van der Waals surface area contributed by atoms with E-state index in [-0.39, 0.29) is 5.91 Å². The predicted molar refractivity (Wildman–Crippen MR) is 124 cm³/mol. The topological polar surface area (TPSA) is 46.9 Å². The summed E-state index contributed by atoms with van der Waals surface area (Å²) in [5.74, 6) is 5.95. The Morgan fingerprint density at radius 2 is 1.58 bits per heavy atom. The molecule has 0 saturated heterocycles. The molecule has 4 aromatic rings. The van der Waals surface area contributed by atoms with Crippen LogP contribution in [-0.4, -0.2) is 15.7 Å². The first kappa shape index (κ1) is 20.5. The Morgan fingerprint density at radius 3 is 2.32 bits per heavy atom. The minimum atomic E-state index is -0.296. The molecule has 1 aromatic heterocycles. The number of aromatic nitrogens is 2. The Kier molecular flexibility index (Phi) is 6.16. The van der Waals surface area contributed by atoms with Crippen LogP contribution in [0.5, 0.6) is 0 Å². The Morgan fingerprint density at radius 1 is 0.935 bits per heavy atom. The molecule has 1 N–H and O–H groups in total. The van der Waals surface area contributed by atoms with E-state index in [1.807, 2.05) is 84.9 Å². The maximum Gasteiger partial charge on any atom is 0.260 e. The average Bonchev–Trinajstić information content (AvgIpc) is 3.07. The van der Waals surface area contributed by atoms with Crippen molar-refractivity contribution in [2.45, 2.75) is 13.5 Å². The molecule has 0 saturated carbocycles. The van der Waals surface area contributed by atoms with E-state index in [0.29, 0.717) is 28.6 Å². The number of hydrogen-bond acceptors (Lipinski definition) is 2. The van der Waals surface area contributed by atoms with Gasteiger partial charge in [-0.3, -0.25) is 4.79 Å². The molecule has 1 amide bonds. The van der Waals surface area contributed by atoms with Crippen LogP contribution < -0.4 is 5.32 Å². The van der Waals surface area contributed by atoms with Crippen molar-refractivity contribution in [3.63, 3.8) is 0 Å². The van der Waals surface area contributed by atoms with Crippen molar-refractivity contribution >= 4 is 23.2 Å². The summed E-state index contributed by atoms with van der Waals surface area (Å²) in [6.07, 6.45) is 0. The molecular formula is C26H20ClN3O. The highest BCUT2D eigenvalue weighted by molar-refractivity contribution is 6.33. The highest BCUT2D eigenvalue weighted by Crippen LogP contribution is 2.22.